The molecule has 1 aliphatic rings. The van der Waals surface area contributed by atoms with Crippen molar-refractivity contribution in [3.8, 4) is 0 Å². The van der Waals surface area contributed by atoms with Crippen molar-refractivity contribution < 1.29 is 4.79 Å². The fourth-order valence-corrected chi connectivity index (χ4v) is 2.83. The third-order valence-corrected chi connectivity index (χ3v) is 3.90. The second-order valence-electron chi connectivity index (χ2n) is 4.30. The summed E-state index contributed by atoms with van der Waals surface area (Å²) in [5.74, 6) is -0.0371. The van der Waals surface area contributed by atoms with Gasteiger partial charge in [-0.05, 0) is 35.5 Å². The number of rotatable bonds is 4. The van der Waals surface area contributed by atoms with Crippen LogP contribution in [0.25, 0.3) is 5.57 Å². The zero-order chi connectivity index (χ0) is 13.0. The molecule has 0 spiro atoms. The summed E-state index contributed by atoms with van der Waals surface area (Å²) in [6, 6.07) is 8.54. The van der Waals surface area contributed by atoms with Crippen LogP contribution in [0.15, 0.2) is 41.9 Å². The minimum Gasteiger partial charge on any atom is -0.332 e. The lowest BCUT2D eigenvalue weighted by molar-refractivity contribution is -0.118. The first-order chi connectivity index (χ1) is 8.68. The molecule has 1 N–H and O–H groups in total. The molecule has 0 radical (unpaired) electrons. The molecule has 1 aliphatic carbocycles. The topological polar surface area (TPSA) is 29.1 Å². The third-order valence-electron chi connectivity index (χ3n) is 2.95. The molecule has 1 unspecified atom stereocenters. The minimum atomic E-state index is -0.0371. The van der Waals surface area contributed by atoms with Crippen LogP contribution in [0.1, 0.15) is 25.0 Å². The molecule has 0 heterocycles. The standard InChI is InChI=1S/C15H17NOS/c1-11(18-10-9-16-12(2)17)14-8-7-13-5-3-4-6-15(13)14/h3-6,8-11H,7H2,1-2H3,(H,16,17)/b10-9+. The first-order valence-corrected chi connectivity index (χ1v) is 6.98. The first kappa shape index (κ1) is 13.0. The van der Waals surface area contributed by atoms with E-state index in [1.165, 1.54) is 23.6 Å². The van der Waals surface area contributed by atoms with E-state index in [0.717, 1.165) is 6.42 Å². The van der Waals surface area contributed by atoms with Crippen LogP contribution in [-0.4, -0.2) is 11.2 Å². The van der Waals surface area contributed by atoms with Crippen molar-refractivity contribution in [3.63, 3.8) is 0 Å². The maximum atomic E-state index is 10.7. The maximum Gasteiger partial charge on any atom is 0.220 e. The average Bonchev–Trinajstić information content (AvgIpc) is 2.78. The van der Waals surface area contributed by atoms with Gasteiger partial charge in [0.05, 0.1) is 0 Å². The maximum absolute atomic E-state index is 10.7. The highest BCUT2D eigenvalue weighted by Gasteiger charge is 2.17. The summed E-state index contributed by atoms with van der Waals surface area (Å²) in [6.07, 6.45) is 5.03. The number of thioether (sulfide) groups is 1. The highest BCUT2D eigenvalue weighted by atomic mass is 32.2. The van der Waals surface area contributed by atoms with Gasteiger partial charge in [-0.3, -0.25) is 4.79 Å². The Bertz CT molecular complexity index is 505. The van der Waals surface area contributed by atoms with Gasteiger partial charge in [-0.15, -0.1) is 11.8 Å². The van der Waals surface area contributed by atoms with Gasteiger partial charge in [0.25, 0.3) is 0 Å². The van der Waals surface area contributed by atoms with Gasteiger partial charge < -0.3 is 5.32 Å². The fourth-order valence-electron chi connectivity index (χ4n) is 2.08. The van der Waals surface area contributed by atoms with Crippen molar-refractivity contribution in [1.29, 1.82) is 0 Å². The Hall–Kier alpha value is -1.48. The molecule has 0 aliphatic heterocycles. The van der Waals surface area contributed by atoms with E-state index in [9.17, 15) is 4.79 Å². The molecule has 1 aromatic carbocycles. The molecular weight excluding hydrogens is 242 g/mol. The Balaban J connectivity index is 1.97. The van der Waals surface area contributed by atoms with Crippen molar-refractivity contribution in [1.82, 2.24) is 5.32 Å². The molecule has 2 nitrogen and oxygen atoms in total. The lowest BCUT2D eigenvalue weighted by atomic mass is 10.0. The molecule has 0 aromatic heterocycles. The molecule has 2 rings (SSSR count). The van der Waals surface area contributed by atoms with Crippen molar-refractivity contribution in [3.05, 3.63) is 53.1 Å². The van der Waals surface area contributed by atoms with Crippen LogP contribution in [0, 0.1) is 0 Å². The molecule has 94 valence electrons. The Morgan fingerprint density at radius 2 is 2.22 bits per heavy atom. The molecule has 1 atom stereocenters. The lowest BCUT2D eigenvalue weighted by Gasteiger charge is -2.12. The molecule has 0 bridgehead atoms. The monoisotopic (exact) mass is 259 g/mol. The minimum absolute atomic E-state index is 0.0371. The largest absolute Gasteiger partial charge is 0.332 e. The van der Waals surface area contributed by atoms with Crippen LogP contribution in [0.3, 0.4) is 0 Å². The van der Waals surface area contributed by atoms with E-state index >= 15 is 0 Å². The summed E-state index contributed by atoms with van der Waals surface area (Å²) in [5, 5.41) is 4.99. The van der Waals surface area contributed by atoms with Crippen LogP contribution in [0.5, 0.6) is 0 Å². The number of hydrogen-bond acceptors (Lipinski definition) is 2. The van der Waals surface area contributed by atoms with Crippen molar-refractivity contribution in [2.45, 2.75) is 25.5 Å². The van der Waals surface area contributed by atoms with Gasteiger partial charge in [0.15, 0.2) is 0 Å². The summed E-state index contributed by atoms with van der Waals surface area (Å²) < 4.78 is 0. The van der Waals surface area contributed by atoms with Crippen LogP contribution in [0.2, 0.25) is 0 Å². The molecule has 18 heavy (non-hydrogen) atoms. The van der Waals surface area contributed by atoms with Crippen molar-refractivity contribution in [2.24, 2.45) is 0 Å². The van der Waals surface area contributed by atoms with Gasteiger partial charge in [0.2, 0.25) is 5.91 Å². The molecular formula is C15H17NOS. The van der Waals surface area contributed by atoms with Gasteiger partial charge in [0.1, 0.15) is 0 Å². The summed E-state index contributed by atoms with van der Waals surface area (Å²) in [6.45, 7) is 3.70. The van der Waals surface area contributed by atoms with Gasteiger partial charge >= 0.3 is 0 Å². The number of nitrogens with one attached hydrogen (secondary N) is 1. The number of hydrogen-bond donors (Lipinski definition) is 1. The highest BCUT2D eigenvalue weighted by molar-refractivity contribution is 8.03. The Kier molecular flexibility index (Phi) is 4.26. The number of benzene rings is 1. The molecule has 1 amide bonds. The Labute approximate surface area is 112 Å². The van der Waals surface area contributed by atoms with Gasteiger partial charge in [-0.25, -0.2) is 0 Å². The number of carbonyl (C=O) groups excluding carboxylic acids is 1. The smallest absolute Gasteiger partial charge is 0.220 e. The fraction of sp³-hybridized carbons (Fsp3) is 0.267. The van der Waals surface area contributed by atoms with Crippen LogP contribution in [0.4, 0.5) is 0 Å². The lowest BCUT2D eigenvalue weighted by Crippen LogP contribution is -2.11. The summed E-state index contributed by atoms with van der Waals surface area (Å²) in [7, 11) is 0. The van der Waals surface area contributed by atoms with E-state index in [4.69, 9.17) is 0 Å². The zero-order valence-corrected chi connectivity index (χ0v) is 11.5. The van der Waals surface area contributed by atoms with Crippen LogP contribution >= 0.6 is 11.8 Å². The van der Waals surface area contributed by atoms with Crippen LogP contribution < -0.4 is 5.32 Å². The third kappa shape index (κ3) is 3.05. The van der Waals surface area contributed by atoms with E-state index in [-0.39, 0.29) is 5.91 Å². The molecule has 0 saturated heterocycles. The average molecular weight is 259 g/mol. The van der Waals surface area contributed by atoms with Crippen molar-refractivity contribution in [2.75, 3.05) is 0 Å². The summed E-state index contributed by atoms with van der Waals surface area (Å²) in [4.78, 5) is 10.7. The molecule has 0 saturated carbocycles. The zero-order valence-electron chi connectivity index (χ0n) is 10.6. The highest BCUT2D eigenvalue weighted by Crippen LogP contribution is 2.34. The summed E-state index contributed by atoms with van der Waals surface area (Å²) >= 11 is 1.72. The second-order valence-corrected chi connectivity index (χ2v) is 5.55. The van der Waals surface area contributed by atoms with E-state index in [0.29, 0.717) is 5.25 Å². The normalized spacial score (nSPS) is 15.3. The predicted molar refractivity (Wildman–Crippen MR) is 78.1 cm³/mol. The number of fused-ring (bicyclic) bond motifs is 1. The molecule has 0 fully saturated rings. The van der Waals surface area contributed by atoms with E-state index in [1.54, 1.807) is 18.0 Å². The number of carbonyl (C=O) groups is 1. The molecule has 1 aromatic rings. The van der Waals surface area contributed by atoms with Crippen molar-refractivity contribution >= 4 is 23.2 Å². The van der Waals surface area contributed by atoms with Crippen LogP contribution in [-0.2, 0) is 11.2 Å². The Morgan fingerprint density at radius 1 is 1.44 bits per heavy atom. The number of amides is 1. The van der Waals surface area contributed by atoms with E-state index in [2.05, 4.69) is 42.6 Å². The van der Waals surface area contributed by atoms with E-state index in [1.807, 2.05) is 5.41 Å². The Morgan fingerprint density at radius 3 is 3.00 bits per heavy atom. The van der Waals surface area contributed by atoms with Gasteiger partial charge in [0, 0.05) is 18.4 Å². The predicted octanol–water partition coefficient (Wildman–Crippen LogP) is 3.36. The SMILES string of the molecule is CC(=O)N/C=C/SC(C)C1=CCc2ccccc21. The molecule has 3 heteroatoms. The number of allylic oxidation sites excluding steroid dienone is 1. The summed E-state index contributed by atoms with van der Waals surface area (Å²) in [5.41, 5.74) is 4.17. The van der Waals surface area contributed by atoms with E-state index < -0.39 is 0 Å². The van der Waals surface area contributed by atoms with Gasteiger partial charge in [-0.2, -0.15) is 0 Å². The second kappa shape index (κ2) is 5.91. The van der Waals surface area contributed by atoms with Gasteiger partial charge in [-0.1, -0.05) is 30.3 Å². The first-order valence-electron chi connectivity index (χ1n) is 6.04. The quantitative estimate of drug-likeness (QED) is 0.898.